The molecule has 0 aromatic carbocycles. The summed E-state index contributed by atoms with van der Waals surface area (Å²) in [6, 6.07) is 0.554. The van der Waals surface area contributed by atoms with Crippen molar-refractivity contribution in [3.8, 4) is 0 Å². The second-order valence-corrected chi connectivity index (χ2v) is 11.2. The van der Waals surface area contributed by atoms with Crippen LogP contribution >= 0.6 is 0 Å². The first-order valence-corrected chi connectivity index (χ1v) is 14.0. The summed E-state index contributed by atoms with van der Waals surface area (Å²) in [5, 5.41) is 0. The number of methoxy groups -OCH3 is 1. The van der Waals surface area contributed by atoms with E-state index >= 15 is 0 Å². The van der Waals surface area contributed by atoms with Gasteiger partial charge in [0.2, 0.25) is 0 Å². The van der Waals surface area contributed by atoms with Crippen molar-refractivity contribution in [2.24, 2.45) is 34.6 Å². The van der Waals surface area contributed by atoms with Crippen LogP contribution in [0.4, 0.5) is 0 Å². The van der Waals surface area contributed by atoms with Gasteiger partial charge in [0, 0.05) is 31.8 Å². The molecule has 1 heterocycles. The van der Waals surface area contributed by atoms with E-state index in [0.29, 0.717) is 29.6 Å². The predicted octanol–water partition coefficient (Wildman–Crippen LogP) is 6.22. The maximum atomic E-state index is 13.8. The largest absolute Gasteiger partial charge is 2.00 e. The number of nitrogens with zero attached hydrogens (tertiary/aromatic N) is 2. The molecule has 4 aliphatic carbocycles. The second-order valence-electron chi connectivity index (χ2n) is 11.2. The van der Waals surface area contributed by atoms with Gasteiger partial charge in [-0.1, -0.05) is 55.7 Å². The second kappa shape index (κ2) is 14.6. The van der Waals surface area contributed by atoms with Crippen LogP contribution in [0.15, 0.2) is 52.6 Å². The van der Waals surface area contributed by atoms with E-state index in [1.165, 1.54) is 49.7 Å². The molecule has 1 aliphatic heterocycles. The molecule has 5 heteroatoms. The molecule has 0 spiro atoms. The van der Waals surface area contributed by atoms with E-state index in [4.69, 9.17) is 9.73 Å². The normalized spacial score (nSPS) is 33.1. The Balaban J connectivity index is 0.00000190. The summed E-state index contributed by atoms with van der Waals surface area (Å²) in [5.74, 6) is 1.85. The van der Waals surface area contributed by atoms with Gasteiger partial charge in [0.1, 0.15) is 0 Å². The van der Waals surface area contributed by atoms with Crippen LogP contribution in [0.5, 0.6) is 0 Å². The maximum absolute atomic E-state index is 13.8. The number of carbonyl (C=O) groups is 1. The van der Waals surface area contributed by atoms with Crippen molar-refractivity contribution in [1.29, 1.82) is 0 Å². The summed E-state index contributed by atoms with van der Waals surface area (Å²) < 4.78 is 5.28. The monoisotopic (exact) mass is 728 g/mol. The molecule has 1 fully saturated rings. The van der Waals surface area contributed by atoms with Crippen LogP contribution in [-0.2, 0) is 9.53 Å². The first-order chi connectivity index (χ1) is 17.2. The molecule has 5 aliphatic rings. The molecular formula is C32H46N2O2U. The van der Waals surface area contributed by atoms with Crippen LogP contribution in [0, 0.1) is 75.1 Å². The van der Waals surface area contributed by atoms with Crippen molar-refractivity contribution < 1.29 is 40.6 Å². The number of Topliss-reactive ketones (excluding diaryl/α,β-unsaturated/α-hetero) is 1. The smallest absolute Gasteiger partial charge is 0.383 e. The Morgan fingerprint density at radius 2 is 1.92 bits per heavy atom. The van der Waals surface area contributed by atoms with E-state index in [0.717, 1.165) is 39.0 Å². The Hall–Kier alpha value is -0.728. The van der Waals surface area contributed by atoms with Crippen molar-refractivity contribution in [3.05, 3.63) is 62.0 Å². The Labute approximate surface area is 249 Å². The van der Waals surface area contributed by atoms with Gasteiger partial charge < -0.3 is 24.0 Å². The summed E-state index contributed by atoms with van der Waals surface area (Å²) in [6.07, 6.45) is 26.6. The first kappa shape index (κ1) is 30.8. The minimum absolute atomic E-state index is 0. The molecule has 0 amide bonds. The third-order valence-corrected chi connectivity index (χ3v) is 9.23. The molecule has 0 radical (unpaired) electrons. The number of ether oxygens (including phenoxy) is 1. The van der Waals surface area contributed by atoms with E-state index in [2.05, 4.69) is 54.5 Å². The van der Waals surface area contributed by atoms with Crippen LogP contribution in [0.25, 0.3) is 0 Å². The Morgan fingerprint density at radius 1 is 1.11 bits per heavy atom. The van der Waals surface area contributed by atoms with E-state index in [9.17, 15) is 4.79 Å². The molecule has 1 saturated carbocycles. The van der Waals surface area contributed by atoms with Crippen LogP contribution in [0.1, 0.15) is 57.8 Å². The summed E-state index contributed by atoms with van der Waals surface area (Å²) in [7, 11) is 1.76. The molecule has 0 aromatic heterocycles. The summed E-state index contributed by atoms with van der Waals surface area (Å²) >= 11 is 0. The zero-order chi connectivity index (χ0) is 24.2. The number of hydrogen-bond acceptors (Lipinski definition) is 4. The van der Waals surface area contributed by atoms with Gasteiger partial charge in [-0.15, -0.1) is 6.54 Å². The van der Waals surface area contributed by atoms with E-state index in [-0.39, 0.29) is 56.4 Å². The molecule has 6 unspecified atom stereocenters. The topological polar surface area (TPSA) is 41.9 Å². The molecule has 0 bridgehead atoms. The van der Waals surface area contributed by atoms with Gasteiger partial charge in [-0.2, -0.15) is 0 Å². The number of rotatable bonds is 8. The Bertz CT molecular complexity index is 914. The molecule has 5 rings (SSSR count). The van der Waals surface area contributed by atoms with E-state index < -0.39 is 0 Å². The van der Waals surface area contributed by atoms with E-state index in [1.807, 2.05) is 0 Å². The fourth-order valence-electron chi connectivity index (χ4n) is 7.22. The number of aliphatic imine (C=N–C) groups is 1. The molecular weight excluding hydrogens is 682 g/mol. The molecule has 37 heavy (non-hydrogen) atoms. The van der Waals surface area contributed by atoms with Crippen molar-refractivity contribution in [3.63, 3.8) is 0 Å². The van der Waals surface area contributed by atoms with Crippen LogP contribution in [0.2, 0.25) is 0 Å². The van der Waals surface area contributed by atoms with Gasteiger partial charge in [0.05, 0.1) is 24.5 Å². The minimum Gasteiger partial charge on any atom is -0.383 e. The predicted molar refractivity (Wildman–Crippen MR) is 150 cm³/mol. The van der Waals surface area contributed by atoms with Gasteiger partial charge >= 0.3 is 31.1 Å². The molecule has 4 nitrogen and oxygen atoms in total. The quantitative estimate of drug-likeness (QED) is 0.220. The number of ketones is 1. The summed E-state index contributed by atoms with van der Waals surface area (Å²) in [5.41, 5.74) is 2.85. The number of carbonyl (C=O) groups excluding carboxylic acids is 1. The molecule has 0 saturated heterocycles. The standard InChI is InChI=1S/C31H43N2O2.CH3.U/c1-3-33(17-18-35-2)25-15-13-22(14-16-25)19-24-20-28-30(27-12-8-7-11-26(24)27)32-21-29(31(28)34)23-9-5-4-6-10-23;;/h7-8,11,13,15,20-23,25,27-30H,1,3-6,9-10,12,14,16-19H2,2H3;1H3;/q2*-1;+2. The first-order valence-electron chi connectivity index (χ1n) is 14.0. The average molecular weight is 729 g/mol. The van der Waals surface area contributed by atoms with Gasteiger partial charge in [-0.3, -0.25) is 9.79 Å². The van der Waals surface area contributed by atoms with Crippen molar-refractivity contribution in [1.82, 2.24) is 4.90 Å². The Kier molecular flexibility index (Phi) is 12.2. The average Bonchev–Trinajstić information content (AvgIpc) is 2.91. The summed E-state index contributed by atoms with van der Waals surface area (Å²) in [6.45, 7) is 6.62. The number of fused-ring (bicyclic) bond motifs is 3. The molecule has 200 valence electrons. The molecule has 6 atom stereocenters. The van der Waals surface area contributed by atoms with Gasteiger partial charge in [-0.05, 0) is 61.5 Å². The fourth-order valence-corrected chi connectivity index (χ4v) is 7.22. The van der Waals surface area contributed by atoms with Crippen molar-refractivity contribution >= 4 is 12.0 Å². The van der Waals surface area contributed by atoms with Crippen molar-refractivity contribution in [2.75, 3.05) is 26.8 Å². The van der Waals surface area contributed by atoms with Gasteiger partial charge in [0.25, 0.3) is 0 Å². The van der Waals surface area contributed by atoms with Gasteiger partial charge in [-0.25, -0.2) is 0 Å². The Morgan fingerprint density at radius 3 is 2.62 bits per heavy atom. The zero-order valence-corrected chi connectivity index (χ0v) is 27.1. The number of allylic oxidation sites excluding steroid dienone is 5. The third kappa shape index (κ3) is 6.89. The van der Waals surface area contributed by atoms with Crippen LogP contribution in [0.3, 0.4) is 0 Å². The zero-order valence-electron chi connectivity index (χ0n) is 23.0. The third-order valence-electron chi connectivity index (χ3n) is 9.23. The SMILES string of the molecule is [CH2-]CN(CCOC)C1C=CC(CC2=CC3C(=O)C(C4CCCCC4)C=NC3C3CC=CC=C23)CC1.[CH3-].[U+2]. The molecule has 0 aromatic rings. The van der Waals surface area contributed by atoms with Gasteiger partial charge in [0.15, 0.2) is 5.78 Å². The van der Waals surface area contributed by atoms with Crippen molar-refractivity contribution in [2.45, 2.75) is 69.9 Å². The fraction of sp³-hybridized carbons (Fsp3) is 0.625. The van der Waals surface area contributed by atoms with Crippen LogP contribution in [-0.4, -0.2) is 55.8 Å². The molecule has 0 N–H and O–H groups in total. The van der Waals surface area contributed by atoms with E-state index in [1.54, 1.807) is 7.11 Å². The van der Waals surface area contributed by atoms with Crippen LogP contribution < -0.4 is 0 Å². The maximum Gasteiger partial charge on any atom is 2.00 e. The minimum atomic E-state index is -0.0356. The summed E-state index contributed by atoms with van der Waals surface area (Å²) in [4.78, 5) is 21.3. The number of hydrogen-bond donors (Lipinski definition) is 0.